The Balaban J connectivity index is 1.24. The first-order valence-electron chi connectivity index (χ1n) is 12.1. The molecule has 0 spiro atoms. The van der Waals surface area contributed by atoms with Crippen molar-refractivity contribution in [2.24, 2.45) is 0 Å². The van der Waals surface area contributed by atoms with Gasteiger partial charge in [0, 0.05) is 45.0 Å². The zero-order valence-electron chi connectivity index (χ0n) is 19.1. The van der Waals surface area contributed by atoms with Gasteiger partial charge in [0.05, 0.1) is 18.8 Å². The van der Waals surface area contributed by atoms with Crippen molar-refractivity contribution in [2.45, 2.75) is 25.4 Å². The predicted molar refractivity (Wildman–Crippen MR) is 129 cm³/mol. The van der Waals surface area contributed by atoms with Gasteiger partial charge in [-0.15, -0.1) is 0 Å². The average molecular weight is 449 g/mol. The molecule has 5 rings (SSSR count). The maximum Gasteiger partial charge on any atom is 0.265 e. The smallest absolute Gasteiger partial charge is 0.265 e. The fourth-order valence-electron chi connectivity index (χ4n) is 5.02. The van der Waals surface area contributed by atoms with E-state index in [1.165, 1.54) is 12.1 Å². The first kappa shape index (κ1) is 21.6. The number of ether oxygens (including phenoxy) is 1. The highest BCUT2D eigenvalue weighted by molar-refractivity contribution is 5.86. The van der Waals surface area contributed by atoms with Crippen LogP contribution >= 0.6 is 0 Å². The number of nitrogens with zero attached hydrogens (tertiary/aromatic N) is 4. The number of benzene rings is 2. The van der Waals surface area contributed by atoms with Gasteiger partial charge >= 0.3 is 0 Å². The number of carbonyl (C=O) groups is 2. The van der Waals surface area contributed by atoms with Crippen LogP contribution in [0, 0.1) is 0 Å². The SMILES string of the molecule is O=C(CN1C[C@@H](C(=O)N2CCCCC2)Oc2ccccc21)N1CCN(c2ccccc2)CC1. The number of carbonyl (C=O) groups excluding carboxylic acids is 2. The zero-order chi connectivity index (χ0) is 22.6. The molecule has 1 atom stereocenters. The minimum Gasteiger partial charge on any atom is -0.477 e. The van der Waals surface area contributed by atoms with Crippen molar-refractivity contribution < 1.29 is 14.3 Å². The van der Waals surface area contributed by atoms with Crippen LogP contribution in [0.15, 0.2) is 54.6 Å². The van der Waals surface area contributed by atoms with Crippen LogP contribution in [0.5, 0.6) is 5.75 Å². The number of hydrogen-bond acceptors (Lipinski definition) is 5. The predicted octanol–water partition coefficient (Wildman–Crippen LogP) is 2.62. The number of rotatable bonds is 4. The van der Waals surface area contributed by atoms with Crippen LogP contribution in [-0.4, -0.2) is 80.1 Å². The van der Waals surface area contributed by atoms with E-state index in [9.17, 15) is 9.59 Å². The van der Waals surface area contributed by atoms with Crippen LogP contribution in [0.25, 0.3) is 0 Å². The summed E-state index contributed by atoms with van der Waals surface area (Å²) < 4.78 is 6.10. The summed E-state index contributed by atoms with van der Waals surface area (Å²) in [6.45, 7) is 5.32. The van der Waals surface area contributed by atoms with Crippen molar-refractivity contribution in [2.75, 3.05) is 62.2 Å². The summed E-state index contributed by atoms with van der Waals surface area (Å²) in [6.07, 6.45) is 2.70. The number of piperidine rings is 1. The molecule has 3 aliphatic heterocycles. The van der Waals surface area contributed by atoms with E-state index in [2.05, 4.69) is 17.0 Å². The van der Waals surface area contributed by atoms with E-state index in [0.717, 1.165) is 44.7 Å². The van der Waals surface area contributed by atoms with E-state index >= 15 is 0 Å². The molecule has 2 aromatic carbocycles. The lowest BCUT2D eigenvalue weighted by molar-refractivity contribution is -0.140. The fourth-order valence-corrected chi connectivity index (χ4v) is 5.02. The average Bonchev–Trinajstić information content (AvgIpc) is 2.89. The summed E-state index contributed by atoms with van der Waals surface area (Å²) in [5, 5.41) is 0. The second kappa shape index (κ2) is 9.73. The molecule has 0 radical (unpaired) electrons. The molecule has 7 heteroatoms. The molecule has 0 saturated carbocycles. The third-order valence-electron chi connectivity index (χ3n) is 6.88. The van der Waals surface area contributed by atoms with Crippen molar-refractivity contribution in [3.8, 4) is 5.75 Å². The minimum atomic E-state index is -0.569. The van der Waals surface area contributed by atoms with E-state index < -0.39 is 6.10 Å². The van der Waals surface area contributed by atoms with Gasteiger partial charge in [-0.2, -0.15) is 0 Å². The van der Waals surface area contributed by atoms with Crippen LogP contribution in [0.2, 0.25) is 0 Å². The van der Waals surface area contributed by atoms with Gasteiger partial charge in [-0.1, -0.05) is 30.3 Å². The van der Waals surface area contributed by atoms with Gasteiger partial charge in [-0.05, 0) is 43.5 Å². The highest BCUT2D eigenvalue weighted by atomic mass is 16.5. The molecule has 0 bridgehead atoms. The summed E-state index contributed by atoms with van der Waals surface area (Å²) >= 11 is 0. The van der Waals surface area contributed by atoms with Gasteiger partial charge in [-0.25, -0.2) is 0 Å². The quantitative estimate of drug-likeness (QED) is 0.720. The molecule has 2 fully saturated rings. The molecular formula is C26H32N4O3. The lowest BCUT2D eigenvalue weighted by Crippen LogP contribution is -2.55. The summed E-state index contributed by atoms with van der Waals surface area (Å²) in [6, 6.07) is 18.1. The molecule has 0 aliphatic carbocycles. The highest BCUT2D eigenvalue weighted by Gasteiger charge is 2.35. The second-order valence-corrected chi connectivity index (χ2v) is 9.04. The van der Waals surface area contributed by atoms with Crippen LogP contribution < -0.4 is 14.5 Å². The topological polar surface area (TPSA) is 56.3 Å². The number of hydrogen-bond donors (Lipinski definition) is 0. The van der Waals surface area contributed by atoms with Gasteiger partial charge in [0.25, 0.3) is 5.91 Å². The van der Waals surface area contributed by atoms with E-state index in [1.807, 2.05) is 57.2 Å². The molecule has 33 heavy (non-hydrogen) atoms. The Morgan fingerprint density at radius 2 is 1.48 bits per heavy atom. The third kappa shape index (κ3) is 4.77. The number of fused-ring (bicyclic) bond motifs is 1. The van der Waals surface area contributed by atoms with Crippen molar-refractivity contribution in [1.29, 1.82) is 0 Å². The summed E-state index contributed by atoms with van der Waals surface area (Å²) in [7, 11) is 0. The summed E-state index contributed by atoms with van der Waals surface area (Å²) in [5.41, 5.74) is 2.09. The normalized spacial score (nSPS) is 20.8. The van der Waals surface area contributed by atoms with Crippen LogP contribution in [0.1, 0.15) is 19.3 Å². The first-order valence-corrected chi connectivity index (χ1v) is 12.1. The Hall–Kier alpha value is -3.22. The molecule has 7 nitrogen and oxygen atoms in total. The maximum absolute atomic E-state index is 13.2. The van der Waals surface area contributed by atoms with E-state index in [-0.39, 0.29) is 18.4 Å². The first-order chi connectivity index (χ1) is 16.2. The molecule has 2 amide bonds. The molecule has 2 saturated heterocycles. The van der Waals surface area contributed by atoms with Crippen molar-refractivity contribution in [3.05, 3.63) is 54.6 Å². The number of para-hydroxylation sites is 3. The Labute approximate surface area is 195 Å². The van der Waals surface area contributed by atoms with Gasteiger partial charge < -0.3 is 24.3 Å². The molecule has 0 unspecified atom stereocenters. The Morgan fingerprint density at radius 3 is 2.24 bits per heavy atom. The van der Waals surface area contributed by atoms with Gasteiger partial charge in [0.1, 0.15) is 5.75 Å². The largest absolute Gasteiger partial charge is 0.477 e. The minimum absolute atomic E-state index is 0.0399. The Kier molecular flexibility index (Phi) is 6.37. The van der Waals surface area contributed by atoms with Gasteiger partial charge in [-0.3, -0.25) is 9.59 Å². The van der Waals surface area contributed by atoms with Crippen LogP contribution in [0.4, 0.5) is 11.4 Å². The van der Waals surface area contributed by atoms with Crippen LogP contribution in [0.3, 0.4) is 0 Å². The van der Waals surface area contributed by atoms with Gasteiger partial charge in [0.2, 0.25) is 5.91 Å². The number of likely N-dealkylation sites (tertiary alicyclic amines) is 1. The van der Waals surface area contributed by atoms with Crippen molar-refractivity contribution in [3.63, 3.8) is 0 Å². The molecule has 3 aliphatic rings. The van der Waals surface area contributed by atoms with Gasteiger partial charge in [0.15, 0.2) is 6.10 Å². The molecule has 0 N–H and O–H groups in total. The van der Waals surface area contributed by atoms with E-state index in [0.29, 0.717) is 25.4 Å². The zero-order valence-corrected chi connectivity index (χ0v) is 19.1. The Bertz CT molecular complexity index is 969. The summed E-state index contributed by atoms with van der Waals surface area (Å²) in [4.78, 5) is 34.6. The molecule has 3 heterocycles. The highest BCUT2D eigenvalue weighted by Crippen LogP contribution is 2.33. The lowest BCUT2D eigenvalue weighted by Gasteiger charge is -2.40. The third-order valence-corrected chi connectivity index (χ3v) is 6.88. The summed E-state index contributed by atoms with van der Waals surface area (Å²) in [5.74, 6) is 0.822. The van der Waals surface area contributed by atoms with E-state index in [1.54, 1.807) is 0 Å². The number of anilines is 2. The molecule has 0 aromatic heterocycles. The second-order valence-electron chi connectivity index (χ2n) is 9.04. The number of piperazine rings is 1. The lowest BCUT2D eigenvalue weighted by atomic mass is 10.1. The van der Waals surface area contributed by atoms with Crippen molar-refractivity contribution in [1.82, 2.24) is 9.80 Å². The molecule has 2 aromatic rings. The monoisotopic (exact) mass is 448 g/mol. The number of amides is 2. The maximum atomic E-state index is 13.2. The Morgan fingerprint density at radius 1 is 0.788 bits per heavy atom. The standard InChI is InChI=1S/C26H32N4O3/c31-25(28-17-15-27(16-18-28)21-9-3-1-4-10-21)20-30-19-24(26(32)29-13-7-2-8-14-29)33-23-12-6-5-11-22(23)30/h1,3-6,9-12,24H,2,7-8,13-20H2/t24-/m0/s1. The van der Waals surface area contributed by atoms with E-state index in [4.69, 9.17) is 4.74 Å². The molecule has 174 valence electrons. The van der Waals surface area contributed by atoms with Crippen LogP contribution in [-0.2, 0) is 9.59 Å². The molecular weight excluding hydrogens is 416 g/mol. The fraction of sp³-hybridized carbons (Fsp3) is 0.462. The van der Waals surface area contributed by atoms with Crippen molar-refractivity contribution >= 4 is 23.2 Å².